The lowest BCUT2D eigenvalue weighted by molar-refractivity contribution is 0.176. The maximum atomic E-state index is 7.22. The molecule has 0 unspecified atom stereocenters. The van der Waals surface area contributed by atoms with Gasteiger partial charge < -0.3 is 14.2 Å². The number of nitrogens with zero attached hydrogens (tertiary/aromatic N) is 1. The molecule has 0 fully saturated rings. The van der Waals surface area contributed by atoms with Crippen molar-refractivity contribution in [2.45, 2.75) is 203 Å². The lowest BCUT2D eigenvalue weighted by Gasteiger charge is -2.37. The molecule has 0 spiro atoms. The van der Waals surface area contributed by atoms with Gasteiger partial charge in [0.2, 0.25) is 0 Å². The van der Waals surface area contributed by atoms with Crippen LogP contribution in [0.2, 0.25) is 0 Å². The average Bonchev–Trinajstić information content (AvgIpc) is 3.28. The molecule has 0 aliphatic heterocycles. The summed E-state index contributed by atoms with van der Waals surface area (Å²) in [5.41, 5.74) is 13.6. The van der Waals surface area contributed by atoms with E-state index < -0.39 is 0 Å². The molecule has 0 radical (unpaired) electrons. The molecule has 71 heavy (non-hydrogen) atoms. The van der Waals surface area contributed by atoms with Gasteiger partial charge in [-0.15, -0.1) is 0 Å². The molecule has 0 bridgehead atoms. The summed E-state index contributed by atoms with van der Waals surface area (Å²) in [7, 11) is 0. The van der Waals surface area contributed by atoms with Crippen LogP contribution in [0.3, 0.4) is 0 Å². The minimum absolute atomic E-state index is 0.106. The van der Waals surface area contributed by atoms with E-state index in [1.54, 1.807) is 0 Å². The normalized spacial score (nSPS) is 13.4. The first kappa shape index (κ1) is 55.0. The van der Waals surface area contributed by atoms with Crippen LogP contribution >= 0.6 is 0 Å². The van der Waals surface area contributed by atoms with Crippen molar-refractivity contribution in [2.75, 3.05) is 0 Å². The van der Waals surface area contributed by atoms with Crippen molar-refractivity contribution in [3.63, 3.8) is 0 Å². The Balaban J connectivity index is 1.68. The summed E-state index contributed by atoms with van der Waals surface area (Å²) >= 11 is 0. The fourth-order valence-corrected chi connectivity index (χ4v) is 9.20. The Bertz CT molecular complexity index is 2570. The molecular formula is C67H89NO3. The van der Waals surface area contributed by atoms with E-state index in [9.17, 15) is 0 Å². The highest BCUT2D eigenvalue weighted by atomic mass is 16.5. The van der Waals surface area contributed by atoms with E-state index in [4.69, 9.17) is 14.2 Å². The first-order valence-electron chi connectivity index (χ1n) is 26.2. The molecule has 0 saturated heterocycles. The molecule has 1 atom stereocenters. The minimum atomic E-state index is -0.200. The van der Waals surface area contributed by atoms with Crippen molar-refractivity contribution in [3.05, 3.63) is 194 Å². The molecular weight excluding hydrogens is 867 g/mol. The topological polar surface area (TPSA) is 30.9 Å². The van der Waals surface area contributed by atoms with Crippen molar-refractivity contribution in [3.8, 4) is 17.2 Å². The second-order valence-electron chi connectivity index (χ2n) is 26.4. The summed E-state index contributed by atoms with van der Waals surface area (Å²) in [6.07, 6.45) is 0. The van der Waals surface area contributed by atoms with Gasteiger partial charge in [0.25, 0.3) is 0 Å². The van der Waals surface area contributed by atoms with Crippen LogP contribution in [0.1, 0.15) is 204 Å². The molecule has 4 heteroatoms. The molecule has 0 aromatic heterocycles. The minimum Gasteiger partial charge on any atom is -0.488 e. The van der Waals surface area contributed by atoms with E-state index in [0.29, 0.717) is 32.9 Å². The summed E-state index contributed by atoms with van der Waals surface area (Å²) in [5, 5.41) is 0. The number of rotatable bonds is 15. The summed E-state index contributed by atoms with van der Waals surface area (Å²) in [5.74, 6) is 2.89. The van der Waals surface area contributed by atoms with Gasteiger partial charge in [0.05, 0.1) is 0 Å². The highest BCUT2D eigenvalue weighted by molar-refractivity contribution is 5.54. The van der Waals surface area contributed by atoms with Crippen LogP contribution in [0.15, 0.2) is 127 Å². The number of benzene rings is 6. The molecule has 0 heterocycles. The zero-order chi connectivity index (χ0) is 52.3. The van der Waals surface area contributed by atoms with E-state index in [-0.39, 0.29) is 38.5 Å². The predicted octanol–water partition coefficient (Wildman–Crippen LogP) is 18.0. The third-order valence-corrected chi connectivity index (χ3v) is 13.9. The predicted molar refractivity (Wildman–Crippen MR) is 302 cm³/mol. The highest BCUT2D eigenvalue weighted by Crippen LogP contribution is 2.47. The van der Waals surface area contributed by atoms with Gasteiger partial charge in [0.1, 0.15) is 37.1 Å². The standard InChI is InChI=1S/C67H89NO3/c1-46(55-37-54(64(8,9)10)40-58(67(17,18)19)61(55)71-45-49-33-27-22-28-34-49)68(41-50-35-52(62(2,3)4)38-56(65(11,12)13)59(50)69-43-47-29-23-20-24-30-47)42-51-36-53(63(5,6)7)39-57(66(14,15)16)60(51)70-44-48-31-25-21-26-32-48/h20-40,46H,41-45H2,1-19H3/t46-/m1/s1. The fourth-order valence-electron chi connectivity index (χ4n) is 9.20. The monoisotopic (exact) mass is 956 g/mol. The zero-order valence-electron chi connectivity index (χ0n) is 47.4. The maximum Gasteiger partial charge on any atom is 0.128 e. The number of ether oxygens (including phenoxy) is 3. The van der Waals surface area contributed by atoms with Crippen LogP contribution in [0.4, 0.5) is 0 Å². The van der Waals surface area contributed by atoms with Crippen molar-refractivity contribution < 1.29 is 14.2 Å². The van der Waals surface area contributed by atoms with E-state index >= 15 is 0 Å². The Hall–Kier alpha value is -5.32. The van der Waals surface area contributed by atoms with Gasteiger partial charge in [0.15, 0.2) is 0 Å². The molecule has 0 amide bonds. The van der Waals surface area contributed by atoms with Gasteiger partial charge in [-0.05, 0) is 78.9 Å². The van der Waals surface area contributed by atoms with Gasteiger partial charge >= 0.3 is 0 Å². The lowest BCUT2D eigenvalue weighted by atomic mass is 9.77. The van der Waals surface area contributed by atoms with Crippen LogP contribution in [0.5, 0.6) is 17.2 Å². The van der Waals surface area contributed by atoms with E-state index in [0.717, 1.165) is 33.9 Å². The molecule has 0 aliphatic rings. The highest BCUT2D eigenvalue weighted by Gasteiger charge is 2.34. The average molecular weight is 956 g/mol. The Morgan fingerprint density at radius 2 is 0.634 bits per heavy atom. The second kappa shape index (κ2) is 21.4. The van der Waals surface area contributed by atoms with Crippen molar-refractivity contribution in [2.24, 2.45) is 0 Å². The van der Waals surface area contributed by atoms with Gasteiger partial charge in [0, 0.05) is 52.5 Å². The SMILES string of the molecule is C[C@H](c1cc(C(C)(C)C)cc(C(C)(C)C)c1OCc1ccccc1)N(Cc1cc(C(C)(C)C)cc(C(C)(C)C)c1OCc1ccccc1)Cc1cc(C(C)(C)C)cc(C(C)(C)C)c1OCc1ccccc1. The fraction of sp³-hybridized carbons (Fsp3) is 0.463. The van der Waals surface area contributed by atoms with Gasteiger partial charge in [-0.3, -0.25) is 4.90 Å². The molecule has 6 aromatic rings. The van der Waals surface area contributed by atoms with Crippen molar-refractivity contribution >= 4 is 0 Å². The molecule has 0 saturated carbocycles. The van der Waals surface area contributed by atoms with Crippen molar-refractivity contribution in [1.29, 1.82) is 0 Å². The quantitative estimate of drug-likeness (QED) is 0.103. The third kappa shape index (κ3) is 14.2. The third-order valence-electron chi connectivity index (χ3n) is 13.9. The van der Waals surface area contributed by atoms with Gasteiger partial charge in [-0.25, -0.2) is 0 Å². The number of hydrogen-bond acceptors (Lipinski definition) is 4. The van der Waals surface area contributed by atoms with E-state index in [1.807, 2.05) is 0 Å². The summed E-state index contributed by atoms with van der Waals surface area (Å²) in [6, 6.07) is 46.2. The van der Waals surface area contributed by atoms with Gasteiger partial charge in [-0.1, -0.05) is 246 Å². The molecule has 380 valence electrons. The smallest absolute Gasteiger partial charge is 0.128 e. The van der Waals surface area contributed by atoms with Crippen LogP contribution in [0, 0.1) is 0 Å². The van der Waals surface area contributed by atoms with Crippen molar-refractivity contribution in [1.82, 2.24) is 4.90 Å². The van der Waals surface area contributed by atoms with Crippen LogP contribution < -0.4 is 14.2 Å². The first-order chi connectivity index (χ1) is 32.9. The van der Waals surface area contributed by atoms with E-state index in [2.05, 4.69) is 264 Å². The molecule has 0 aliphatic carbocycles. The Morgan fingerprint density at radius 3 is 0.930 bits per heavy atom. The summed E-state index contributed by atoms with van der Waals surface area (Å²) in [4.78, 5) is 2.68. The maximum absolute atomic E-state index is 7.22. The molecule has 4 nitrogen and oxygen atoms in total. The summed E-state index contributed by atoms with van der Waals surface area (Å²) < 4.78 is 21.6. The van der Waals surface area contributed by atoms with Gasteiger partial charge in [-0.2, -0.15) is 0 Å². The molecule has 0 N–H and O–H groups in total. The Kier molecular flexibility index (Phi) is 16.6. The zero-order valence-corrected chi connectivity index (χ0v) is 47.4. The second-order valence-corrected chi connectivity index (χ2v) is 26.4. The molecule has 6 rings (SSSR count). The number of hydrogen-bond donors (Lipinski definition) is 0. The Morgan fingerprint density at radius 1 is 0.352 bits per heavy atom. The van der Waals surface area contributed by atoms with E-state index in [1.165, 1.54) is 50.1 Å². The van der Waals surface area contributed by atoms with Crippen LogP contribution in [-0.4, -0.2) is 4.90 Å². The lowest BCUT2D eigenvalue weighted by Crippen LogP contribution is -2.30. The van der Waals surface area contributed by atoms with Crippen LogP contribution in [-0.2, 0) is 65.4 Å². The largest absolute Gasteiger partial charge is 0.488 e. The first-order valence-corrected chi connectivity index (χ1v) is 26.2. The summed E-state index contributed by atoms with van der Waals surface area (Å²) in [6.45, 7) is 46.9. The van der Waals surface area contributed by atoms with Crippen LogP contribution in [0.25, 0.3) is 0 Å². The molecule has 6 aromatic carbocycles. The Labute approximate surface area is 431 Å².